The summed E-state index contributed by atoms with van der Waals surface area (Å²) < 4.78 is 19.7. The zero-order chi connectivity index (χ0) is 20.1. The van der Waals surface area contributed by atoms with Crippen LogP contribution in [0.25, 0.3) is 6.08 Å². The van der Waals surface area contributed by atoms with E-state index in [1.54, 1.807) is 42.5 Å². The minimum absolute atomic E-state index is 0.177. The van der Waals surface area contributed by atoms with Crippen LogP contribution in [0.1, 0.15) is 25.8 Å². The summed E-state index contributed by atoms with van der Waals surface area (Å²) in [4.78, 5) is 19.2. The molecule has 1 saturated heterocycles. The number of likely N-dealkylation sites (N-methyl/N-ethyl adjacent to an activating group) is 1. The number of ether oxygens (including phenoxy) is 1. The predicted octanol–water partition coefficient (Wildman–Crippen LogP) is 5.89. The molecule has 2 aromatic rings. The van der Waals surface area contributed by atoms with Crippen LogP contribution >= 0.6 is 23.4 Å². The van der Waals surface area contributed by atoms with E-state index in [9.17, 15) is 9.18 Å². The molecule has 0 spiro atoms. The van der Waals surface area contributed by atoms with E-state index in [2.05, 4.69) is 4.99 Å². The van der Waals surface area contributed by atoms with Crippen molar-refractivity contribution in [3.8, 4) is 5.75 Å². The van der Waals surface area contributed by atoms with Gasteiger partial charge in [0.25, 0.3) is 5.91 Å². The second kappa shape index (κ2) is 9.26. The number of para-hydroxylation sites is 1. The maximum absolute atomic E-state index is 14.0. The molecule has 0 bridgehead atoms. The topological polar surface area (TPSA) is 41.9 Å². The zero-order valence-electron chi connectivity index (χ0n) is 15.6. The van der Waals surface area contributed by atoms with Crippen molar-refractivity contribution >= 4 is 46.2 Å². The van der Waals surface area contributed by atoms with Crippen LogP contribution < -0.4 is 4.74 Å². The highest BCUT2D eigenvalue weighted by Gasteiger charge is 2.32. The van der Waals surface area contributed by atoms with Crippen molar-refractivity contribution in [1.29, 1.82) is 0 Å². The van der Waals surface area contributed by atoms with Crippen LogP contribution in [0.5, 0.6) is 5.75 Å². The van der Waals surface area contributed by atoms with E-state index < -0.39 is 5.82 Å². The second-order valence-corrected chi connectivity index (χ2v) is 7.48. The smallest absolute Gasteiger partial charge is 0.266 e. The van der Waals surface area contributed by atoms with E-state index in [0.717, 1.165) is 12.0 Å². The normalized spacial score (nSPS) is 17.0. The van der Waals surface area contributed by atoms with Crippen molar-refractivity contribution in [3.63, 3.8) is 0 Å². The fraction of sp³-hybridized carbons (Fsp3) is 0.238. The zero-order valence-corrected chi connectivity index (χ0v) is 17.2. The number of benzene rings is 2. The Labute approximate surface area is 173 Å². The molecule has 7 heteroatoms. The van der Waals surface area contributed by atoms with Gasteiger partial charge in [0.2, 0.25) is 0 Å². The monoisotopic (exact) mass is 418 g/mol. The fourth-order valence-corrected chi connectivity index (χ4v) is 3.86. The minimum atomic E-state index is -0.429. The minimum Gasteiger partial charge on any atom is -0.493 e. The van der Waals surface area contributed by atoms with Crippen molar-refractivity contribution in [3.05, 3.63) is 63.8 Å². The molecule has 0 saturated carbocycles. The Kier molecular flexibility index (Phi) is 6.75. The average Bonchev–Trinajstić information content (AvgIpc) is 2.97. The maximum atomic E-state index is 14.0. The van der Waals surface area contributed by atoms with Gasteiger partial charge in [-0.25, -0.2) is 9.38 Å². The van der Waals surface area contributed by atoms with Crippen molar-refractivity contribution in [1.82, 2.24) is 4.90 Å². The molecule has 0 atom stereocenters. The van der Waals surface area contributed by atoms with Crippen LogP contribution in [0.3, 0.4) is 0 Å². The van der Waals surface area contributed by atoms with Gasteiger partial charge in [0, 0.05) is 17.1 Å². The van der Waals surface area contributed by atoms with Crippen LogP contribution in [0.4, 0.5) is 10.1 Å². The summed E-state index contributed by atoms with van der Waals surface area (Å²) in [6.07, 6.45) is 2.62. The van der Waals surface area contributed by atoms with Crippen LogP contribution in [0, 0.1) is 5.82 Å². The van der Waals surface area contributed by atoms with E-state index >= 15 is 0 Å². The molecule has 2 aromatic carbocycles. The number of amidine groups is 1. The Balaban J connectivity index is 1.97. The highest BCUT2D eigenvalue weighted by atomic mass is 35.5. The Morgan fingerprint density at radius 3 is 2.75 bits per heavy atom. The standard InChI is InChI=1S/C21H20ClFN2O2S/c1-3-11-27-18-10-9-15(22)12-14(18)13-19-20(26)25(4-2)21(28-19)24-17-8-6-5-7-16(17)23/h5-10,12-13H,3-4,11H2,1-2H3/b19-13+,24-21?. The van der Waals surface area contributed by atoms with E-state index in [1.165, 1.54) is 22.7 Å². The summed E-state index contributed by atoms with van der Waals surface area (Å²) >= 11 is 7.34. The Morgan fingerprint density at radius 1 is 1.25 bits per heavy atom. The molecule has 1 aliphatic heterocycles. The van der Waals surface area contributed by atoms with Gasteiger partial charge in [0.15, 0.2) is 5.17 Å². The summed E-state index contributed by atoms with van der Waals surface area (Å²) in [5, 5.41) is 1.00. The molecule has 28 heavy (non-hydrogen) atoms. The van der Waals surface area contributed by atoms with Gasteiger partial charge < -0.3 is 4.74 Å². The van der Waals surface area contributed by atoms with Gasteiger partial charge in [-0.05, 0) is 61.5 Å². The molecule has 0 radical (unpaired) electrons. The van der Waals surface area contributed by atoms with Gasteiger partial charge in [-0.15, -0.1) is 0 Å². The number of aliphatic imine (C=N–C) groups is 1. The Morgan fingerprint density at radius 2 is 2.04 bits per heavy atom. The Hall–Kier alpha value is -2.31. The number of rotatable bonds is 6. The quantitative estimate of drug-likeness (QED) is 0.549. The first kappa shape index (κ1) is 20.4. The van der Waals surface area contributed by atoms with E-state index in [4.69, 9.17) is 16.3 Å². The van der Waals surface area contributed by atoms with Gasteiger partial charge in [0.1, 0.15) is 17.3 Å². The fourth-order valence-electron chi connectivity index (χ4n) is 2.63. The molecule has 3 rings (SSSR count). The van der Waals surface area contributed by atoms with Crippen LogP contribution in [-0.2, 0) is 4.79 Å². The number of nitrogens with zero attached hydrogens (tertiary/aromatic N) is 2. The van der Waals surface area contributed by atoms with Crippen LogP contribution in [0.15, 0.2) is 52.4 Å². The maximum Gasteiger partial charge on any atom is 0.266 e. The largest absolute Gasteiger partial charge is 0.493 e. The van der Waals surface area contributed by atoms with Gasteiger partial charge in [0.05, 0.1) is 11.5 Å². The van der Waals surface area contributed by atoms with Crippen molar-refractivity contribution < 1.29 is 13.9 Å². The summed E-state index contributed by atoms with van der Waals surface area (Å²) in [6, 6.07) is 11.5. The lowest BCUT2D eigenvalue weighted by molar-refractivity contribution is -0.122. The van der Waals surface area contributed by atoms with E-state index in [1.807, 2.05) is 13.8 Å². The number of hydrogen-bond acceptors (Lipinski definition) is 4. The molecule has 1 aliphatic rings. The van der Waals surface area contributed by atoms with Gasteiger partial charge >= 0.3 is 0 Å². The molecule has 0 aromatic heterocycles. The van der Waals surface area contributed by atoms with Crippen LogP contribution in [-0.4, -0.2) is 29.1 Å². The molecule has 146 valence electrons. The highest BCUT2D eigenvalue weighted by molar-refractivity contribution is 8.18. The van der Waals surface area contributed by atoms with Crippen LogP contribution in [0.2, 0.25) is 5.02 Å². The van der Waals surface area contributed by atoms with Gasteiger partial charge in [-0.2, -0.15) is 0 Å². The number of thioether (sulfide) groups is 1. The Bertz CT molecular complexity index is 946. The third-order valence-corrected chi connectivity index (χ3v) is 5.23. The third kappa shape index (κ3) is 4.56. The average molecular weight is 419 g/mol. The number of carbonyl (C=O) groups is 1. The molecule has 1 fully saturated rings. The molecular weight excluding hydrogens is 399 g/mol. The highest BCUT2D eigenvalue weighted by Crippen LogP contribution is 2.36. The number of halogens is 2. The molecular formula is C21H20ClFN2O2S. The molecule has 1 heterocycles. The lowest BCUT2D eigenvalue weighted by Crippen LogP contribution is -2.28. The predicted molar refractivity (Wildman–Crippen MR) is 114 cm³/mol. The number of carbonyl (C=O) groups excluding carboxylic acids is 1. The van der Waals surface area contributed by atoms with Gasteiger partial charge in [-0.1, -0.05) is 30.7 Å². The van der Waals surface area contributed by atoms with E-state index in [-0.39, 0.29) is 11.6 Å². The van der Waals surface area contributed by atoms with Crippen molar-refractivity contribution in [2.75, 3.05) is 13.2 Å². The first-order valence-corrected chi connectivity index (χ1v) is 10.2. The second-order valence-electron chi connectivity index (χ2n) is 6.04. The number of amides is 1. The molecule has 0 aliphatic carbocycles. The summed E-state index contributed by atoms with van der Waals surface area (Å²) in [5.41, 5.74) is 0.923. The lowest BCUT2D eigenvalue weighted by Gasteiger charge is -2.12. The molecule has 0 N–H and O–H groups in total. The molecule has 0 unspecified atom stereocenters. The lowest BCUT2D eigenvalue weighted by atomic mass is 10.2. The number of hydrogen-bond donors (Lipinski definition) is 0. The SMILES string of the molecule is CCCOc1ccc(Cl)cc1/C=C1/SC(=Nc2ccccc2F)N(CC)C1=O. The molecule has 1 amide bonds. The third-order valence-electron chi connectivity index (χ3n) is 3.99. The van der Waals surface area contributed by atoms with Crippen molar-refractivity contribution in [2.24, 2.45) is 4.99 Å². The summed E-state index contributed by atoms with van der Waals surface area (Å²) in [6.45, 7) is 4.88. The first-order chi connectivity index (χ1) is 13.5. The summed E-state index contributed by atoms with van der Waals surface area (Å²) in [7, 11) is 0. The molecule has 4 nitrogen and oxygen atoms in total. The first-order valence-electron chi connectivity index (χ1n) is 9.00. The van der Waals surface area contributed by atoms with Gasteiger partial charge in [-0.3, -0.25) is 9.69 Å². The van der Waals surface area contributed by atoms with E-state index in [0.29, 0.717) is 34.0 Å². The van der Waals surface area contributed by atoms with Crippen molar-refractivity contribution in [2.45, 2.75) is 20.3 Å². The summed E-state index contributed by atoms with van der Waals surface area (Å²) in [5.74, 6) is 0.0559.